The Hall–Kier alpha value is -0.0800. The maximum atomic E-state index is 3.74. The zero-order valence-electron chi connectivity index (χ0n) is 11.5. The Labute approximate surface area is 102 Å². The highest BCUT2D eigenvalue weighted by Gasteiger charge is 2.18. The molecule has 0 spiro atoms. The quantitative estimate of drug-likeness (QED) is 0.684. The Balaban J connectivity index is 2.14. The summed E-state index contributed by atoms with van der Waals surface area (Å²) in [6.07, 6.45) is 8.10. The van der Waals surface area contributed by atoms with E-state index in [0.717, 1.165) is 12.1 Å². The fourth-order valence-corrected chi connectivity index (χ4v) is 2.55. The van der Waals surface area contributed by atoms with E-state index in [9.17, 15) is 0 Å². The zero-order chi connectivity index (χ0) is 11.8. The monoisotopic (exact) mass is 226 g/mol. The van der Waals surface area contributed by atoms with E-state index >= 15 is 0 Å². The molecule has 0 amide bonds. The summed E-state index contributed by atoms with van der Waals surface area (Å²) in [7, 11) is 0. The molecule has 0 bridgehead atoms. The Morgan fingerprint density at radius 3 is 2.44 bits per heavy atom. The van der Waals surface area contributed by atoms with Crippen LogP contribution in [0.15, 0.2) is 0 Å². The first-order valence-electron chi connectivity index (χ1n) is 7.25. The van der Waals surface area contributed by atoms with Crippen molar-refractivity contribution in [2.75, 3.05) is 19.6 Å². The minimum Gasteiger partial charge on any atom is -0.312 e. The summed E-state index contributed by atoms with van der Waals surface area (Å²) in [5.74, 6) is 0. The Kier molecular flexibility index (Phi) is 7.06. The number of nitrogens with zero attached hydrogens (tertiary/aromatic N) is 1. The SMILES string of the molecule is CCCCC(CC)NCC(C)N1CCCC1. The molecule has 1 N–H and O–H groups in total. The minimum absolute atomic E-state index is 0.721. The molecule has 1 saturated heterocycles. The van der Waals surface area contributed by atoms with Crippen LogP contribution in [0.5, 0.6) is 0 Å². The lowest BCUT2D eigenvalue weighted by molar-refractivity contribution is 0.243. The van der Waals surface area contributed by atoms with Gasteiger partial charge in [0.05, 0.1) is 0 Å². The second kappa shape index (κ2) is 8.08. The lowest BCUT2D eigenvalue weighted by Gasteiger charge is -2.26. The lowest BCUT2D eigenvalue weighted by Crippen LogP contribution is -2.42. The van der Waals surface area contributed by atoms with Gasteiger partial charge in [0.25, 0.3) is 0 Å². The summed E-state index contributed by atoms with van der Waals surface area (Å²) in [6, 6.07) is 1.46. The molecule has 0 aromatic heterocycles. The average molecular weight is 226 g/mol. The third kappa shape index (κ3) is 4.84. The van der Waals surface area contributed by atoms with E-state index in [0.29, 0.717) is 0 Å². The van der Waals surface area contributed by atoms with Crippen molar-refractivity contribution >= 4 is 0 Å². The topological polar surface area (TPSA) is 15.3 Å². The van der Waals surface area contributed by atoms with E-state index in [1.807, 2.05) is 0 Å². The molecule has 2 nitrogen and oxygen atoms in total. The summed E-state index contributed by atoms with van der Waals surface area (Å²) in [6.45, 7) is 10.7. The van der Waals surface area contributed by atoms with E-state index in [-0.39, 0.29) is 0 Å². The Morgan fingerprint density at radius 2 is 1.88 bits per heavy atom. The summed E-state index contributed by atoms with van der Waals surface area (Å²) in [4.78, 5) is 2.62. The van der Waals surface area contributed by atoms with Gasteiger partial charge < -0.3 is 5.32 Å². The lowest BCUT2D eigenvalue weighted by atomic mass is 10.1. The fraction of sp³-hybridized carbons (Fsp3) is 1.00. The molecule has 2 unspecified atom stereocenters. The van der Waals surface area contributed by atoms with Gasteiger partial charge in [0, 0.05) is 18.6 Å². The average Bonchev–Trinajstić information content (AvgIpc) is 2.82. The molecule has 1 aliphatic rings. The molecule has 1 heterocycles. The third-order valence-corrected chi connectivity index (χ3v) is 3.86. The molecule has 16 heavy (non-hydrogen) atoms. The molecule has 0 aromatic carbocycles. The predicted molar refractivity (Wildman–Crippen MR) is 71.9 cm³/mol. The van der Waals surface area contributed by atoms with Crippen LogP contribution in [0.1, 0.15) is 59.3 Å². The van der Waals surface area contributed by atoms with Crippen molar-refractivity contribution in [1.82, 2.24) is 10.2 Å². The minimum atomic E-state index is 0.721. The second-order valence-corrected chi connectivity index (χ2v) is 5.25. The van der Waals surface area contributed by atoms with Crippen molar-refractivity contribution in [3.8, 4) is 0 Å². The van der Waals surface area contributed by atoms with Gasteiger partial charge in [-0.1, -0.05) is 26.7 Å². The van der Waals surface area contributed by atoms with Crippen molar-refractivity contribution in [3.63, 3.8) is 0 Å². The highest BCUT2D eigenvalue weighted by molar-refractivity contribution is 4.76. The second-order valence-electron chi connectivity index (χ2n) is 5.25. The van der Waals surface area contributed by atoms with Crippen molar-refractivity contribution in [2.45, 2.75) is 71.4 Å². The van der Waals surface area contributed by atoms with Gasteiger partial charge in [-0.2, -0.15) is 0 Å². The summed E-state index contributed by atoms with van der Waals surface area (Å²) in [5.41, 5.74) is 0. The molecule has 96 valence electrons. The van der Waals surface area contributed by atoms with E-state index in [2.05, 4.69) is 31.0 Å². The highest BCUT2D eigenvalue weighted by Crippen LogP contribution is 2.11. The standard InChI is InChI=1S/C14H30N2/c1-4-6-9-14(5-2)15-12-13(3)16-10-7-8-11-16/h13-15H,4-12H2,1-3H3. The van der Waals surface area contributed by atoms with E-state index in [1.165, 1.54) is 58.2 Å². The van der Waals surface area contributed by atoms with Gasteiger partial charge in [-0.3, -0.25) is 4.90 Å². The molecule has 2 heteroatoms. The van der Waals surface area contributed by atoms with Crippen LogP contribution in [0, 0.1) is 0 Å². The fourth-order valence-electron chi connectivity index (χ4n) is 2.55. The van der Waals surface area contributed by atoms with Crippen LogP contribution < -0.4 is 5.32 Å². The van der Waals surface area contributed by atoms with E-state index < -0.39 is 0 Å². The van der Waals surface area contributed by atoms with Crippen molar-refractivity contribution < 1.29 is 0 Å². The molecule has 1 rings (SSSR count). The molecule has 0 radical (unpaired) electrons. The first kappa shape index (κ1) is 14.0. The third-order valence-electron chi connectivity index (χ3n) is 3.86. The summed E-state index contributed by atoms with van der Waals surface area (Å²) >= 11 is 0. The van der Waals surface area contributed by atoms with Crippen LogP contribution >= 0.6 is 0 Å². The van der Waals surface area contributed by atoms with Gasteiger partial charge in [-0.15, -0.1) is 0 Å². The van der Waals surface area contributed by atoms with Crippen LogP contribution in [-0.4, -0.2) is 36.6 Å². The number of rotatable bonds is 8. The van der Waals surface area contributed by atoms with E-state index in [4.69, 9.17) is 0 Å². The van der Waals surface area contributed by atoms with Gasteiger partial charge in [0.1, 0.15) is 0 Å². The Bertz CT molecular complexity index is 164. The molecule has 1 fully saturated rings. The molecule has 2 atom stereocenters. The molecule has 0 saturated carbocycles. The van der Waals surface area contributed by atoms with Gasteiger partial charge >= 0.3 is 0 Å². The first-order valence-corrected chi connectivity index (χ1v) is 7.25. The number of unbranched alkanes of at least 4 members (excludes halogenated alkanes) is 1. The predicted octanol–water partition coefficient (Wildman–Crippen LogP) is 3.03. The van der Waals surface area contributed by atoms with Crippen LogP contribution in [0.2, 0.25) is 0 Å². The normalized spacial score (nSPS) is 21.2. The number of nitrogens with one attached hydrogen (secondary N) is 1. The van der Waals surface area contributed by atoms with Gasteiger partial charge in [-0.25, -0.2) is 0 Å². The van der Waals surface area contributed by atoms with Gasteiger partial charge in [0.2, 0.25) is 0 Å². The number of hydrogen-bond acceptors (Lipinski definition) is 2. The van der Waals surface area contributed by atoms with Crippen LogP contribution in [0.3, 0.4) is 0 Å². The molecule has 0 aromatic rings. The van der Waals surface area contributed by atoms with Crippen LogP contribution in [0.25, 0.3) is 0 Å². The maximum absolute atomic E-state index is 3.74. The smallest absolute Gasteiger partial charge is 0.0192 e. The Morgan fingerprint density at radius 1 is 1.19 bits per heavy atom. The number of likely N-dealkylation sites (tertiary alicyclic amines) is 1. The van der Waals surface area contributed by atoms with Gasteiger partial charge in [-0.05, 0) is 45.7 Å². The highest BCUT2D eigenvalue weighted by atomic mass is 15.2. The molecular weight excluding hydrogens is 196 g/mol. The molecule has 0 aliphatic carbocycles. The zero-order valence-corrected chi connectivity index (χ0v) is 11.5. The summed E-state index contributed by atoms with van der Waals surface area (Å²) in [5, 5.41) is 3.74. The molecular formula is C14H30N2. The van der Waals surface area contributed by atoms with Crippen molar-refractivity contribution in [3.05, 3.63) is 0 Å². The van der Waals surface area contributed by atoms with Crippen molar-refractivity contribution in [2.24, 2.45) is 0 Å². The first-order chi connectivity index (χ1) is 7.77. The summed E-state index contributed by atoms with van der Waals surface area (Å²) < 4.78 is 0. The largest absolute Gasteiger partial charge is 0.312 e. The maximum Gasteiger partial charge on any atom is 0.0192 e. The van der Waals surface area contributed by atoms with Crippen LogP contribution in [0.4, 0.5) is 0 Å². The molecule has 1 aliphatic heterocycles. The number of hydrogen-bond donors (Lipinski definition) is 1. The van der Waals surface area contributed by atoms with Gasteiger partial charge in [0.15, 0.2) is 0 Å². The van der Waals surface area contributed by atoms with Crippen molar-refractivity contribution in [1.29, 1.82) is 0 Å². The van der Waals surface area contributed by atoms with E-state index in [1.54, 1.807) is 0 Å². The van der Waals surface area contributed by atoms with Crippen LogP contribution in [-0.2, 0) is 0 Å².